The molecule has 4 heterocycles. The second-order valence-corrected chi connectivity index (χ2v) is 6.17. The van der Waals surface area contributed by atoms with E-state index in [-0.39, 0.29) is 1.43 Å². The van der Waals surface area contributed by atoms with Crippen LogP contribution in [0.5, 0.6) is 0 Å². The molecule has 1 saturated heterocycles. The van der Waals surface area contributed by atoms with Crippen LogP contribution >= 0.6 is 0 Å². The fourth-order valence-corrected chi connectivity index (χ4v) is 3.24. The van der Waals surface area contributed by atoms with Crippen molar-refractivity contribution in [2.24, 2.45) is 0 Å². The Morgan fingerprint density at radius 1 is 1.22 bits per heavy atom. The fraction of sp³-hybridized carbons (Fsp3) is 0.353. The minimum Gasteiger partial charge on any atom is -0.350 e. The van der Waals surface area contributed by atoms with E-state index in [9.17, 15) is 0 Å². The predicted octanol–water partition coefficient (Wildman–Crippen LogP) is 2.45. The number of hydrogen-bond donors (Lipinski definition) is 2. The molecule has 0 aliphatic carbocycles. The van der Waals surface area contributed by atoms with Crippen molar-refractivity contribution in [2.45, 2.75) is 25.9 Å². The van der Waals surface area contributed by atoms with Crippen LogP contribution in [-0.4, -0.2) is 45.1 Å². The summed E-state index contributed by atoms with van der Waals surface area (Å²) in [6.45, 7) is 6.33. The van der Waals surface area contributed by atoms with E-state index in [0.29, 0.717) is 12.1 Å². The highest BCUT2D eigenvalue weighted by Gasteiger charge is 2.26. The fourth-order valence-electron chi connectivity index (χ4n) is 3.24. The van der Waals surface area contributed by atoms with Crippen LogP contribution in [-0.2, 0) is 0 Å². The molecular weight excluding hydrogens is 288 g/mol. The Morgan fingerprint density at radius 3 is 2.87 bits per heavy atom. The number of aromatic nitrogens is 4. The molecule has 1 aliphatic heterocycles. The standard InChI is InChI=1S/C17H20N6.H2/c1-11-9-23(12(2)7-19-11)17-15-14(13-3-5-18-6-4-13)8-20-16(15)21-10-22-17;/h3-6,8,10-12,19H,7,9H2,1-2H3,(H,20,21,22);1H/t11-,12+;/m1./s1. The summed E-state index contributed by atoms with van der Waals surface area (Å²) in [5, 5.41) is 4.60. The Morgan fingerprint density at radius 2 is 2.04 bits per heavy atom. The molecule has 0 saturated carbocycles. The summed E-state index contributed by atoms with van der Waals surface area (Å²) in [5.41, 5.74) is 3.12. The van der Waals surface area contributed by atoms with Gasteiger partial charge >= 0.3 is 0 Å². The summed E-state index contributed by atoms with van der Waals surface area (Å²) >= 11 is 0. The first-order chi connectivity index (χ1) is 11.2. The molecule has 1 aliphatic rings. The van der Waals surface area contributed by atoms with E-state index in [4.69, 9.17) is 0 Å². The van der Waals surface area contributed by atoms with E-state index in [0.717, 1.165) is 41.1 Å². The molecule has 3 aromatic heterocycles. The number of hydrogen-bond acceptors (Lipinski definition) is 5. The van der Waals surface area contributed by atoms with Crippen LogP contribution in [0.4, 0.5) is 5.82 Å². The second kappa shape index (κ2) is 5.62. The average molecular weight is 310 g/mol. The van der Waals surface area contributed by atoms with Gasteiger partial charge in [-0.25, -0.2) is 9.97 Å². The van der Waals surface area contributed by atoms with Crippen molar-refractivity contribution in [3.05, 3.63) is 37.1 Å². The van der Waals surface area contributed by atoms with Gasteiger partial charge in [0, 0.05) is 50.8 Å². The largest absolute Gasteiger partial charge is 0.350 e. The molecule has 0 bridgehead atoms. The van der Waals surface area contributed by atoms with Crippen molar-refractivity contribution in [1.82, 2.24) is 25.3 Å². The zero-order valence-corrected chi connectivity index (χ0v) is 13.3. The van der Waals surface area contributed by atoms with Gasteiger partial charge in [0.1, 0.15) is 17.8 Å². The molecule has 0 aromatic carbocycles. The lowest BCUT2D eigenvalue weighted by Gasteiger charge is -2.38. The molecule has 2 atom stereocenters. The van der Waals surface area contributed by atoms with Gasteiger partial charge in [-0.15, -0.1) is 0 Å². The van der Waals surface area contributed by atoms with Gasteiger partial charge in [-0.1, -0.05) is 0 Å². The van der Waals surface area contributed by atoms with Crippen molar-refractivity contribution < 1.29 is 1.43 Å². The van der Waals surface area contributed by atoms with E-state index in [1.54, 1.807) is 6.33 Å². The minimum atomic E-state index is 0. The molecule has 23 heavy (non-hydrogen) atoms. The summed E-state index contributed by atoms with van der Waals surface area (Å²) in [6.07, 6.45) is 7.28. The maximum Gasteiger partial charge on any atom is 0.143 e. The SMILES string of the molecule is C[C@@H]1CN(c2ncnc3[nH]cc(-c4ccncc4)c23)[C@@H](C)CN1.[HH]. The number of nitrogens with zero attached hydrogens (tertiary/aromatic N) is 4. The molecule has 0 radical (unpaired) electrons. The summed E-state index contributed by atoms with van der Waals surface area (Å²) in [6, 6.07) is 4.87. The van der Waals surface area contributed by atoms with E-state index in [2.05, 4.69) is 44.0 Å². The van der Waals surface area contributed by atoms with Gasteiger partial charge in [-0.3, -0.25) is 4.98 Å². The molecule has 4 rings (SSSR count). The van der Waals surface area contributed by atoms with Crippen LogP contribution in [0.2, 0.25) is 0 Å². The second-order valence-electron chi connectivity index (χ2n) is 6.17. The zero-order chi connectivity index (χ0) is 15.8. The average Bonchev–Trinajstić information content (AvgIpc) is 3.02. The highest BCUT2D eigenvalue weighted by Crippen LogP contribution is 2.34. The third kappa shape index (κ3) is 2.45. The van der Waals surface area contributed by atoms with Crippen molar-refractivity contribution in [3.8, 4) is 11.1 Å². The third-order valence-corrected chi connectivity index (χ3v) is 4.48. The quantitative estimate of drug-likeness (QED) is 0.761. The van der Waals surface area contributed by atoms with Crippen molar-refractivity contribution in [3.63, 3.8) is 0 Å². The lowest BCUT2D eigenvalue weighted by Crippen LogP contribution is -2.54. The molecule has 1 fully saturated rings. The van der Waals surface area contributed by atoms with Crippen molar-refractivity contribution in [1.29, 1.82) is 0 Å². The van der Waals surface area contributed by atoms with Crippen LogP contribution in [0.15, 0.2) is 37.1 Å². The molecule has 6 nitrogen and oxygen atoms in total. The Kier molecular flexibility index (Phi) is 3.46. The molecule has 0 amide bonds. The highest BCUT2D eigenvalue weighted by molar-refractivity contribution is 6.01. The monoisotopic (exact) mass is 310 g/mol. The maximum absolute atomic E-state index is 4.63. The van der Waals surface area contributed by atoms with Crippen molar-refractivity contribution in [2.75, 3.05) is 18.0 Å². The first kappa shape index (κ1) is 14.1. The zero-order valence-electron chi connectivity index (χ0n) is 13.3. The normalized spacial score (nSPS) is 21.7. The summed E-state index contributed by atoms with van der Waals surface area (Å²) < 4.78 is 0. The predicted molar refractivity (Wildman–Crippen MR) is 93.5 cm³/mol. The van der Waals surface area contributed by atoms with Crippen LogP contribution in [0.3, 0.4) is 0 Å². The van der Waals surface area contributed by atoms with Gasteiger partial charge in [0.15, 0.2) is 0 Å². The summed E-state index contributed by atoms with van der Waals surface area (Å²) in [4.78, 5) is 18.8. The first-order valence-electron chi connectivity index (χ1n) is 7.96. The van der Waals surface area contributed by atoms with Gasteiger partial charge < -0.3 is 15.2 Å². The van der Waals surface area contributed by atoms with Gasteiger partial charge in [-0.05, 0) is 31.5 Å². The number of H-pyrrole nitrogens is 1. The molecule has 0 spiro atoms. The Bertz CT molecular complexity index is 818. The third-order valence-electron chi connectivity index (χ3n) is 4.48. The topological polar surface area (TPSA) is 69.7 Å². The number of aromatic amines is 1. The Labute approximate surface area is 136 Å². The molecule has 2 N–H and O–H groups in total. The minimum absolute atomic E-state index is 0. The molecule has 120 valence electrons. The lowest BCUT2D eigenvalue weighted by atomic mass is 10.1. The van der Waals surface area contributed by atoms with Crippen LogP contribution in [0.25, 0.3) is 22.2 Å². The van der Waals surface area contributed by atoms with Crippen LogP contribution in [0.1, 0.15) is 15.3 Å². The van der Waals surface area contributed by atoms with Gasteiger partial charge in [0.2, 0.25) is 0 Å². The molecule has 0 unspecified atom stereocenters. The Hall–Kier alpha value is -2.47. The van der Waals surface area contributed by atoms with Crippen molar-refractivity contribution >= 4 is 16.9 Å². The first-order valence-corrected chi connectivity index (χ1v) is 7.96. The summed E-state index contributed by atoms with van der Waals surface area (Å²) in [7, 11) is 0. The van der Waals surface area contributed by atoms with E-state index >= 15 is 0 Å². The highest BCUT2D eigenvalue weighted by atomic mass is 15.3. The number of anilines is 1. The van der Waals surface area contributed by atoms with Gasteiger partial charge in [0.05, 0.1) is 5.39 Å². The molecule has 3 aromatic rings. The number of nitrogens with one attached hydrogen (secondary N) is 2. The van der Waals surface area contributed by atoms with Crippen LogP contribution in [0, 0.1) is 0 Å². The number of pyridine rings is 1. The molecular formula is C17H22N6. The Balaban J connectivity index is 0.00000169. The van der Waals surface area contributed by atoms with Gasteiger partial charge in [0.25, 0.3) is 0 Å². The number of rotatable bonds is 2. The van der Waals surface area contributed by atoms with Gasteiger partial charge in [-0.2, -0.15) is 0 Å². The smallest absolute Gasteiger partial charge is 0.143 e. The molecule has 6 heteroatoms. The lowest BCUT2D eigenvalue weighted by molar-refractivity contribution is 0.423. The number of piperazine rings is 1. The van der Waals surface area contributed by atoms with E-state index in [1.807, 2.05) is 30.7 Å². The van der Waals surface area contributed by atoms with E-state index < -0.39 is 0 Å². The number of fused-ring (bicyclic) bond motifs is 1. The van der Waals surface area contributed by atoms with Crippen LogP contribution < -0.4 is 10.2 Å². The summed E-state index contributed by atoms with van der Waals surface area (Å²) in [5.74, 6) is 1.00. The maximum atomic E-state index is 4.63. The van der Waals surface area contributed by atoms with E-state index in [1.165, 1.54) is 0 Å².